The van der Waals surface area contributed by atoms with Crippen molar-refractivity contribution in [1.29, 1.82) is 0 Å². The fraction of sp³-hybridized carbons (Fsp3) is 0.500. The zero-order valence-electron chi connectivity index (χ0n) is 14.2. The van der Waals surface area contributed by atoms with Crippen LogP contribution < -0.4 is 5.32 Å². The molecule has 1 atom stereocenters. The van der Waals surface area contributed by atoms with Gasteiger partial charge in [-0.05, 0) is 31.5 Å². The number of carboxylic acid groups (broad SMARTS) is 1. The monoisotopic (exact) mass is 356 g/mol. The van der Waals surface area contributed by atoms with E-state index in [-0.39, 0.29) is 22.9 Å². The first-order valence-electron chi connectivity index (χ1n) is 7.85. The van der Waals surface area contributed by atoms with Crippen LogP contribution in [0, 0.1) is 0 Å². The van der Waals surface area contributed by atoms with Crippen molar-refractivity contribution in [3.8, 4) is 0 Å². The highest BCUT2D eigenvalue weighted by molar-refractivity contribution is 7.89. The van der Waals surface area contributed by atoms with E-state index in [4.69, 9.17) is 5.11 Å². The number of rotatable bonds is 9. The van der Waals surface area contributed by atoms with Gasteiger partial charge in [-0.2, -0.15) is 4.31 Å². The van der Waals surface area contributed by atoms with E-state index >= 15 is 0 Å². The molecule has 0 spiro atoms. The molecule has 0 radical (unpaired) electrons. The summed E-state index contributed by atoms with van der Waals surface area (Å²) in [4.78, 5) is 22.8. The van der Waals surface area contributed by atoms with Gasteiger partial charge in [-0.15, -0.1) is 0 Å². The number of nitrogens with zero attached hydrogens (tertiary/aromatic N) is 1. The highest BCUT2D eigenvalue weighted by Crippen LogP contribution is 2.17. The van der Waals surface area contributed by atoms with Gasteiger partial charge >= 0.3 is 5.97 Å². The summed E-state index contributed by atoms with van der Waals surface area (Å²) in [5, 5.41) is 11.3. The van der Waals surface area contributed by atoms with E-state index in [9.17, 15) is 18.0 Å². The number of hydrogen-bond donors (Lipinski definition) is 2. The largest absolute Gasteiger partial charge is 0.481 e. The van der Waals surface area contributed by atoms with Gasteiger partial charge in [0.05, 0.1) is 4.90 Å². The molecule has 1 aromatic carbocycles. The van der Waals surface area contributed by atoms with Crippen LogP contribution in [0.2, 0.25) is 0 Å². The third-order valence-corrected chi connectivity index (χ3v) is 5.65. The summed E-state index contributed by atoms with van der Waals surface area (Å²) in [5.41, 5.74) is 0.227. The third kappa shape index (κ3) is 5.31. The van der Waals surface area contributed by atoms with Crippen molar-refractivity contribution in [2.45, 2.75) is 44.6 Å². The van der Waals surface area contributed by atoms with Crippen LogP contribution in [0.25, 0.3) is 0 Å². The lowest BCUT2D eigenvalue weighted by molar-refractivity contribution is -0.137. The lowest BCUT2D eigenvalue weighted by Gasteiger charge is -2.19. The van der Waals surface area contributed by atoms with Gasteiger partial charge < -0.3 is 10.4 Å². The molecule has 1 unspecified atom stereocenters. The van der Waals surface area contributed by atoms with Crippen molar-refractivity contribution in [1.82, 2.24) is 9.62 Å². The molecule has 0 bridgehead atoms. The normalized spacial score (nSPS) is 12.8. The van der Waals surface area contributed by atoms with E-state index in [1.165, 1.54) is 28.6 Å². The second-order valence-corrected chi connectivity index (χ2v) is 7.36. The summed E-state index contributed by atoms with van der Waals surface area (Å²) >= 11 is 0. The number of nitrogens with one attached hydrogen (secondary N) is 1. The summed E-state index contributed by atoms with van der Waals surface area (Å²) in [5.74, 6) is -1.35. The predicted molar refractivity (Wildman–Crippen MR) is 90.3 cm³/mol. The quantitative estimate of drug-likeness (QED) is 0.701. The van der Waals surface area contributed by atoms with Gasteiger partial charge in [-0.25, -0.2) is 8.42 Å². The van der Waals surface area contributed by atoms with Crippen LogP contribution in [0.5, 0.6) is 0 Å². The Morgan fingerprint density at radius 1 is 1.25 bits per heavy atom. The van der Waals surface area contributed by atoms with E-state index in [1.807, 2.05) is 0 Å². The van der Waals surface area contributed by atoms with E-state index in [1.54, 1.807) is 20.8 Å². The summed E-state index contributed by atoms with van der Waals surface area (Å²) in [6.07, 6.45) is 0.260. The molecule has 24 heavy (non-hydrogen) atoms. The number of hydrogen-bond acceptors (Lipinski definition) is 4. The number of carbonyl (C=O) groups is 2. The standard InChI is InChI=1S/C16H24N2O5S/c1-4-18(5-2)24(22,23)14-8-6-7-13(11-14)16(21)17-12(3)9-10-15(19)20/h6-8,11-12H,4-5,9-10H2,1-3H3,(H,17,21)(H,19,20). The maximum Gasteiger partial charge on any atom is 0.303 e. The maximum atomic E-state index is 12.5. The molecule has 0 fully saturated rings. The minimum Gasteiger partial charge on any atom is -0.481 e. The lowest BCUT2D eigenvalue weighted by atomic mass is 10.1. The molecule has 0 aromatic heterocycles. The molecule has 0 saturated heterocycles. The minimum absolute atomic E-state index is 0.0438. The second kappa shape index (κ2) is 8.79. The van der Waals surface area contributed by atoms with Crippen molar-refractivity contribution in [2.75, 3.05) is 13.1 Å². The molecular formula is C16H24N2O5S. The summed E-state index contributed by atoms with van der Waals surface area (Å²) in [7, 11) is -3.63. The zero-order chi connectivity index (χ0) is 18.3. The molecule has 0 aliphatic heterocycles. The highest BCUT2D eigenvalue weighted by Gasteiger charge is 2.22. The van der Waals surface area contributed by atoms with Crippen LogP contribution in [0.1, 0.15) is 44.0 Å². The fourth-order valence-electron chi connectivity index (χ4n) is 2.23. The molecule has 8 heteroatoms. The molecule has 134 valence electrons. The average molecular weight is 356 g/mol. The Bertz CT molecular complexity index is 683. The smallest absolute Gasteiger partial charge is 0.303 e. The molecular weight excluding hydrogens is 332 g/mol. The highest BCUT2D eigenvalue weighted by atomic mass is 32.2. The molecule has 7 nitrogen and oxygen atoms in total. The van der Waals surface area contributed by atoms with Crippen LogP contribution in [-0.2, 0) is 14.8 Å². The molecule has 0 saturated carbocycles. The van der Waals surface area contributed by atoms with E-state index < -0.39 is 21.9 Å². The Morgan fingerprint density at radius 2 is 1.88 bits per heavy atom. The second-order valence-electron chi connectivity index (χ2n) is 5.42. The van der Waals surface area contributed by atoms with Crippen molar-refractivity contribution < 1.29 is 23.1 Å². The van der Waals surface area contributed by atoms with E-state index in [0.717, 1.165) is 0 Å². The van der Waals surface area contributed by atoms with Gasteiger partial charge in [0, 0.05) is 31.1 Å². The fourth-order valence-corrected chi connectivity index (χ4v) is 3.73. The summed E-state index contributed by atoms with van der Waals surface area (Å²) in [6.45, 7) is 5.91. The first kappa shape index (κ1) is 20.1. The number of benzene rings is 1. The molecule has 0 heterocycles. The minimum atomic E-state index is -3.63. The Kier molecular flexibility index (Phi) is 7.37. The summed E-state index contributed by atoms with van der Waals surface area (Å²) in [6, 6.07) is 5.52. The van der Waals surface area contributed by atoms with E-state index in [0.29, 0.717) is 19.5 Å². The van der Waals surface area contributed by atoms with Gasteiger partial charge in [-0.3, -0.25) is 9.59 Å². The number of carboxylic acids is 1. The first-order chi connectivity index (χ1) is 11.2. The lowest BCUT2D eigenvalue weighted by Crippen LogP contribution is -2.33. The molecule has 1 rings (SSSR count). The molecule has 1 amide bonds. The van der Waals surface area contributed by atoms with Crippen molar-refractivity contribution in [2.24, 2.45) is 0 Å². The van der Waals surface area contributed by atoms with Crippen LogP contribution in [0.3, 0.4) is 0 Å². The number of sulfonamides is 1. The number of amides is 1. The Morgan fingerprint density at radius 3 is 2.42 bits per heavy atom. The maximum absolute atomic E-state index is 12.5. The number of carbonyl (C=O) groups excluding carboxylic acids is 1. The Hall–Kier alpha value is -1.93. The zero-order valence-corrected chi connectivity index (χ0v) is 15.0. The third-order valence-electron chi connectivity index (χ3n) is 3.61. The van der Waals surface area contributed by atoms with Gasteiger partial charge in [0.15, 0.2) is 0 Å². The van der Waals surface area contributed by atoms with Gasteiger partial charge in [0.2, 0.25) is 10.0 Å². The molecule has 2 N–H and O–H groups in total. The number of aliphatic carboxylic acids is 1. The Labute approximate surface area is 142 Å². The summed E-state index contributed by atoms with van der Waals surface area (Å²) < 4.78 is 26.3. The Balaban J connectivity index is 2.92. The molecule has 0 aliphatic carbocycles. The van der Waals surface area contributed by atoms with Gasteiger partial charge in [-0.1, -0.05) is 19.9 Å². The van der Waals surface area contributed by atoms with Crippen LogP contribution in [0.15, 0.2) is 29.2 Å². The van der Waals surface area contributed by atoms with Gasteiger partial charge in [0.25, 0.3) is 5.91 Å². The SMILES string of the molecule is CCN(CC)S(=O)(=O)c1cccc(C(=O)NC(C)CCC(=O)O)c1. The first-order valence-corrected chi connectivity index (χ1v) is 9.29. The average Bonchev–Trinajstić information content (AvgIpc) is 2.54. The van der Waals surface area contributed by atoms with Gasteiger partial charge in [0.1, 0.15) is 0 Å². The van der Waals surface area contributed by atoms with Crippen LogP contribution >= 0.6 is 0 Å². The van der Waals surface area contributed by atoms with Crippen molar-refractivity contribution in [3.63, 3.8) is 0 Å². The predicted octanol–water partition coefficient (Wildman–Crippen LogP) is 1.70. The van der Waals surface area contributed by atoms with Crippen molar-refractivity contribution >= 4 is 21.9 Å². The molecule has 1 aromatic rings. The van der Waals surface area contributed by atoms with Crippen LogP contribution in [-0.4, -0.2) is 48.8 Å². The van der Waals surface area contributed by atoms with Crippen LogP contribution in [0.4, 0.5) is 0 Å². The van der Waals surface area contributed by atoms with Crippen molar-refractivity contribution in [3.05, 3.63) is 29.8 Å². The molecule has 0 aliphatic rings. The topological polar surface area (TPSA) is 104 Å². The van der Waals surface area contributed by atoms with E-state index in [2.05, 4.69) is 5.32 Å².